The van der Waals surface area contributed by atoms with Crippen LogP contribution in [-0.2, 0) is 0 Å². The van der Waals surface area contributed by atoms with Gasteiger partial charge in [0, 0.05) is 12.0 Å². The summed E-state index contributed by atoms with van der Waals surface area (Å²) in [4.78, 5) is 26.2. The fraction of sp³-hybridized carbons (Fsp3) is 0.111. The van der Waals surface area contributed by atoms with Crippen molar-refractivity contribution in [3.8, 4) is 5.75 Å². The predicted octanol–water partition coefficient (Wildman–Crippen LogP) is 3.83. The van der Waals surface area contributed by atoms with E-state index in [0.29, 0.717) is 17.0 Å². The lowest BCUT2D eigenvalue weighted by molar-refractivity contribution is 0.0972. The Morgan fingerprint density at radius 3 is 2.55 bits per heavy atom. The fourth-order valence-corrected chi connectivity index (χ4v) is 2.55. The molecule has 0 saturated heterocycles. The van der Waals surface area contributed by atoms with Gasteiger partial charge in [0.1, 0.15) is 5.75 Å². The summed E-state index contributed by atoms with van der Waals surface area (Å²) < 4.78 is 5.41. The molecule has 3 rings (SSSR count). The summed E-state index contributed by atoms with van der Waals surface area (Å²) >= 11 is 0. The van der Waals surface area contributed by atoms with E-state index < -0.39 is 12.1 Å². The minimum Gasteiger partial charge on any atom is -0.410 e. The van der Waals surface area contributed by atoms with Crippen LogP contribution < -0.4 is 9.64 Å². The van der Waals surface area contributed by atoms with Gasteiger partial charge < -0.3 is 4.74 Å². The second kappa shape index (κ2) is 5.85. The van der Waals surface area contributed by atoms with Crippen molar-refractivity contribution >= 4 is 17.6 Å². The van der Waals surface area contributed by atoms with Crippen molar-refractivity contribution < 1.29 is 14.3 Å². The van der Waals surface area contributed by atoms with Gasteiger partial charge in [-0.25, -0.2) is 4.79 Å². The van der Waals surface area contributed by atoms with Gasteiger partial charge in [0.15, 0.2) is 5.78 Å². The smallest absolute Gasteiger partial charge is 0.410 e. The molecule has 1 aliphatic heterocycles. The number of amides is 1. The first-order chi connectivity index (χ1) is 10.7. The zero-order chi connectivity index (χ0) is 15.5. The summed E-state index contributed by atoms with van der Waals surface area (Å²) in [5, 5.41) is 0. The van der Waals surface area contributed by atoms with Crippen molar-refractivity contribution in [1.29, 1.82) is 0 Å². The van der Waals surface area contributed by atoms with Crippen LogP contribution in [0.3, 0.4) is 0 Å². The monoisotopic (exact) mass is 293 g/mol. The summed E-state index contributed by atoms with van der Waals surface area (Å²) in [5.74, 6) is 0.467. The number of carbonyl (C=O) groups is 2. The number of ether oxygens (including phenoxy) is 1. The Balaban J connectivity index is 1.96. The maximum atomic E-state index is 12.6. The molecule has 0 bridgehead atoms. The topological polar surface area (TPSA) is 46.6 Å². The number of carbonyl (C=O) groups excluding carboxylic acids is 2. The lowest BCUT2D eigenvalue weighted by Gasteiger charge is -2.33. The molecule has 22 heavy (non-hydrogen) atoms. The zero-order valence-corrected chi connectivity index (χ0v) is 11.9. The molecule has 4 nitrogen and oxygen atoms in total. The van der Waals surface area contributed by atoms with Crippen LogP contribution in [0.4, 0.5) is 10.5 Å². The van der Waals surface area contributed by atoms with E-state index in [0.717, 1.165) is 0 Å². The van der Waals surface area contributed by atoms with Crippen molar-refractivity contribution in [2.45, 2.75) is 12.5 Å². The van der Waals surface area contributed by atoms with Crippen LogP contribution in [0.1, 0.15) is 16.8 Å². The average molecular weight is 293 g/mol. The Hall–Kier alpha value is -2.88. The second-order valence-electron chi connectivity index (χ2n) is 5.00. The van der Waals surface area contributed by atoms with Gasteiger partial charge in [-0.1, -0.05) is 36.4 Å². The molecule has 0 aromatic heterocycles. The molecule has 0 radical (unpaired) electrons. The first kappa shape index (κ1) is 14.1. The van der Waals surface area contributed by atoms with Crippen molar-refractivity contribution in [3.05, 3.63) is 72.8 Å². The molecule has 110 valence electrons. The lowest BCUT2D eigenvalue weighted by Crippen LogP contribution is -2.45. The number of benzene rings is 2. The first-order valence-corrected chi connectivity index (χ1v) is 7.01. The molecule has 0 saturated carbocycles. The van der Waals surface area contributed by atoms with Crippen molar-refractivity contribution in [2.75, 3.05) is 4.90 Å². The minimum atomic E-state index is -0.518. The molecular weight excluding hydrogens is 278 g/mol. The summed E-state index contributed by atoms with van der Waals surface area (Å²) in [5.41, 5.74) is 1.09. The van der Waals surface area contributed by atoms with Gasteiger partial charge in [0.2, 0.25) is 0 Å². The largest absolute Gasteiger partial charge is 0.420 e. The standard InChI is InChI=1S/C18H15NO3/c1-2-13-12-17(20)15-10-6-7-11-16(15)19(13)18(21)22-14-8-4-3-5-9-14/h2-11,13H,1,12H2. The van der Waals surface area contributed by atoms with E-state index in [1.807, 2.05) is 6.07 Å². The van der Waals surface area contributed by atoms with E-state index in [1.165, 1.54) is 4.90 Å². The highest BCUT2D eigenvalue weighted by atomic mass is 16.6. The van der Waals surface area contributed by atoms with Crippen LogP contribution in [0.2, 0.25) is 0 Å². The lowest BCUT2D eigenvalue weighted by atomic mass is 9.95. The highest BCUT2D eigenvalue weighted by molar-refractivity contribution is 6.08. The summed E-state index contributed by atoms with van der Waals surface area (Å²) in [6, 6.07) is 15.5. The number of hydrogen-bond donors (Lipinski definition) is 0. The Morgan fingerprint density at radius 1 is 1.14 bits per heavy atom. The third-order valence-corrected chi connectivity index (χ3v) is 3.61. The highest BCUT2D eigenvalue weighted by Crippen LogP contribution is 2.31. The van der Waals surface area contributed by atoms with E-state index >= 15 is 0 Å². The Kier molecular flexibility index (Phi) is 3.74. The number of ketones is 1. The molecule has 2 aromatic carbocycles. The van der Waals surface area contributed by atoms with Crippen molar-refractivity contribution in [2.24, 2.45) is 0 Å². The number of Topliss-reactive ketones (excluding diaryl/α,β-unsaturated/α-hetero) is 1. The van der Waals surface area contributed by atoms with Gasteiger partial charge in [-0.15, -0.1) is 6.58 Å². The molecule has 2 aromatic rings. The van der Waals surface area contributed by atoms with Gasteiger partial charge >= 0.3 is 6.09 Å². The van der Waals surface area contributed by atoms with Gasteiger partial charge in [0.05, 0.1) is 11.7 Å². The quantitative estimate of drug-likeness (QED) is 0.790. The first-order valence-electron chi connectivity index (χ1n) is 7.01. The number of nitrogens with zero attached hydrogens (tertiary/aromatic N) is 1. The summed E-state index contributed by atoms with van der Waals surface area (Å²) in [6.45, 7) is 3.73. The number of fused-ring (bicyclic) bond motifs is 1. The molecule has 1 atom stereocenters. The molecule has 1 unspecified atom stereocenters. The van der Waals surface area contributed by atoms with E-state index in [2.05, 4.69) is 6.58 Å². The third-order valence-electron chi connectivity index (χ3n) is 3.61. The molecule has 1 heterocycles. The number of hydrogen-bond acceptors (Lipinski definition) is 3. The number of rotatable bonds is 2. The van der Waals surface area contributed by atoms with E-state index in [9.17, 15) is 9.59 Å². The van der Waals surface area contributed by atoms with E-state index in [1.54, 1.807) is 54.6 Å². The highest BCUT2D eigenvalue weighted by Gasteiger charge is 2.34. The fourth-order valence-electron chi connectivity index (χ4n) is 2.55. The van der Waals surface area contributed by atoms with Crippen molar-refractivity contribution in [3.63, 3.8) is 0 Å². The molecular formula is C18H15NO3. The summed E-state index contributed by atoms with van der Waals surface area (Å²) in [6.07, 6.45) is 1.29. The zero-order valence-electron chi connectivity index (χ0n) is 11.9. The molecule has 0 fully saturated rings. The number of para-hydroxylation sites is 2. The Bertz CT molecular complexity index is 724. The van der Waals surface area contributed by atoms with E-state index in [4.69, 9.17) is 4.74 Å². The van der Waals surface area contributed by atoms with Gasteiger partial charge in [0.25, 0.3) is 0 Å². The van der Waals surface area contributed by atoms with Crippen LogP contribution >= 0.6 is 0 Å². The van der Waals surface area contributed by atoms with Gasteiger partial charge in [-0.3, -0.25) is 9.69 Å². The van der Waals surface area contributed by atoms with Crippen LogP contribution in [0.5, 0.6) is 5.75 Å². The minimum absolute atomic E-state index is 0.00395. The van der Waals surface area contributed by atoms with Crippen LogP contribution in [-0.4, -0.2) is 17.9 Å². The van der Waals surface area contributed by atoms with Crippen LogP contribution in [0.15, 0.2) is 67.3 Å². The second-order valence-corrected chi connectivity index (χ2v) is 5.00. The summed E-state index contributed by atoms with van der Waals surface area (Å²) in [7, 11) is 0. The molecule has 1 aliphatic rings. The maximum Gasteiger partial charge on any atom is 0.420 e. The predicted molar refractivity (Wildman–Crippen MR) is 84.3 cm³/mol. The molecule has 0 aliphatic carbocycles. The number of anilines is 1. The molecule has 1 amide bonds. The van der Waals surface area contributed by atoms with Crippen LogP contribution in [0, 0.1) is 0 Å². The van der Waals surface area contributed by atoms with Gasteiger partial charge in [-0.05, 0) is 24.3 Å². The van der Waals surface area contributed by atoms with E-state index in [-0.39, 0.29) is 12.2 Å². The third kappa shape index (κ3) is 2.51. The van der Waals surface area contributed by atoms with Gasteiger partial charge in [-0.2, -0.15) is 0 Å². The maximum absolute atomic E-state index is 12.6. The molecule has 0 N–H and O–H groups in total. The SMILES string of the molecule is C=CC1CC(=O)c2ccccc2N1C(=O)Oc1ccccc1. The Morgan fingerprint density at radius 2 is 1.82 bits per heavy atom. The average Bonchev–Trinajstić information content (AvgIpc) is 2.55. The van der Waals surface area contributed by atoms with Crippen molar-refractivity contribution in [1.82, 2.24) is 0 Å². The molecule has 4 heteroatoms. The molecule has 0 spiro atoms. The Labute approximate surface area is 128 Å². The normalized spacial score (nSPS) is 16.8. The van der Waals surface area contributed by atoms with Crippen LogP contribution in [0.25, 0.3) is 0 Å².